The van der Waals surface area contributed by atoms with E-state index in [0.717, 1.165) is 41.9 Å². The van der Waals surface area contributed by atoms with Crippen LogP contribution >= 0.6 is 0 Å². The molecule has 0 aromatic heterocycles. The normalized spacial score (nSPS) is 15.2. The average Bonchev–Trinajstić information content (AvgIpc) is 2.61. The first-order valence-corrected chi connectivity index (χ1v) is 8.81. The molecular weight excluding hydrogens is 330 g/mol. The molecule has 0 saturated carbocycles. The Hall–Kier alpha value is -2.38. The van der Waals surface area contributed by atoms with Crippen LogP contribution in [0.25, 0.3) is 0 Å². The van der Waals surface area contributed by atoms with Crippen LogP contribution in [0.3, 0.4) is 0 Å². The monoisotopic (exact) mass is 349 g/mol. The summed E-state index contributed by atoms with van der Waals surface area (Å²) in [7, 11) is -2.34. The van der Waals surface area contributed by atoms with E-state index in [-0.39, 0.29) is 4.90 Å². The van der Waals surface area contributed by atoms with Gasteiger partial charge >= 0.3 is 0 Å². The van der Waals surface area contributed by atoms with Crippen molar-refractivity contribution in [2.45, 2.75) is 24.2 Å². The fraction of sp³-hybridized carbons (Fsp3) is 0.235. The van der Waals surface area contributed by atoms with E-state index in [4.69, 9.17) is 14.5 Å². The zero-order valence-electron chi connectivity index (χ0n) is 13.2. The highest BCUT2D eigenvalue weighted by Gasteiger charge is 2.18. The summed E-state index contributed by atoms with van der Waals surface area (Å²) in [6.07, 6.45) is 2.86. The van der Waals surface area contributed by atoms with Crippen LogP contribution in [0.4, 0.5) is 0 Å². The van der Waals surface area contributed by atoms with E-state index >= 15 is 0 Å². The Morgan fingerprint density at radius 1 is 1.04 bits per heavy atom. The second kappa shape index (κ2) is 7.94. The van der Waals surface area contributed by atoms with Crippen LogP contribution in [-0.2, 0) is 16.5 Å². The van der Waals surface area contributed by atoms with Crippen molar-refractivity contribution in [1.82, 2.24) is 0 Å². The third-order valence-electron chi connectivity index (χ3n) is 3.67. The van der Waals surface area contributed by atoms with Crippen LogP contribution in [0.15, 0.2) is 58.6 Å². The summed E-state index contributed by atoms with van der Waals surface area (Å²) in [5.41, 5.74) is 2.96. The van der Waals surface area contributed by atoms with Gasteiger partial charge in [0.05, 0.1) is 17.7 Å². The maximum Gasteiger partial charge on any atom is 0.294 e. The lowest BCUT2D eigenvalue weighted by Gasteiger charge is -2.18. The lowest BCUT2D eigenvalue weighted by atomic mass is 9.89. The molecule has 0 amide bonds. The van der Waals surface area contributed by atoms with E-state index < -0.39 is 10.1 Å². The van der Waals surface area contributed by atoms with Crippen molar-refractivity contribution >= 4 is 15.8 Å². The van der Waals surface area contributed by atoms with Crippen LogP contribution in [0.2, 0.25) is 0 Å². The van der Waals surface area contributed by atoms with Gasteiger partial charge in [0.25, 0.3) is 10.1 Å². The third kappa shape index (κ3) is 4.33. The molecule has 2 aromatic carbocycles. The van der Waals surface area contributed by atoms with Crippen LogP contribution in [0.5, 0.6) is 5.75 Å². The van der Waals surface area contributed by atoms with Gasteiger partial charge in [-0.15, -0.1) is 0 Å². The quantitative estimate of drug-likeness (QED) is 0.493. The minimum absolute atomic E-state index is 0.0741. The summed E-state index contributed by atoms with van der Waals surface area (Å²) in [6, 6.07) is 13.3. The molecule has 6 nitrogen and oxygen atoms in total. The molecular formula is C17H19NO5S. The molecule has 0 unspecified atom stereocenters. The van der Waals surface area contributed by atoms with Crippen LogP contribution in [-0.4, -0.2) is 31.0 Å². The molecule has 0 aliphatic heterocycles. The Balaban J connectivity index is 0.000000185. The van der Waals surface area contributed by atoms with Gasteiger partial charge in [0.15, 0.2) is 0 Å². The highest BCUT2D eigenvalue weighted by molar-refractivity contribution is 7.85. The second-order valence-corrected chi connectivity index (χ2v) is 6.60. The SMILES string of the molecule is COc1cccc2c1CCCC2=NO.O=S(=O)(O)c1ccccc1. The van der Waals surface area contributed by atoms with Gasteiger partial charge in [0.2, 0.25) is 0 Å². The van der Waals surface area contributed by atoms with E-state index in [0.29, 0.717) is 0 Å². The van der Waals surface area contributed by atoms with Crippen LogP contribution in [0, 0.1) is 0 Å². The van der Waals surface area contributed by atoms with Crippen molar-refractivity contribution in [2.24, 2.45) is 5.16 Å². The van der Waals surface area contributed by atoms with E-state index in [1.54, 1.807) is 25.3 Å². The predicted octanol–water partition coefficient (Wildman–Crippen LogP) is 3.14. The zero-order chi connectivity index (χ0) is 17.6. The lowest BCUT2D eigenvalue weighted by molar-refractivity contribution is 0.317. The Morgan fingerprint density at radius 2 is 1.75 bits per heavy atom. The molecule has 1 aliphatic carbocycles. The van der Waals surface area contributed by atoms with Gasteiger partial charge in [0.1, 0.15) is 5.75 Å². The summed E-state index contributed by atoms with van der Waals surface area (Å²) < 4.78 is 34.5. The summed E-state index contributed by atoms with van der Waals surface area (Å²) in [4.78, 5) is -0.0741. The minimum atomic E-state index is -4.00. The molecule has 7 heteroatoms. The number of hydrogen-bond donors (Lipinski definition) is 2. The molecule has 0 saturated heterocycles. The third-order valence-corrected chi connectivity index (χ3v) is 4.53. The number of ether oxygens (including phenoxy) is 1. The highest BCUT2D eigenvalue weighted by Crippen LogP contribution is 2.29. The molecule has 0 bridgehead atoms. The number of oxime groups is 1. The summed E-state index contributed by atoms with van der Waals surface area (Å²) in [5, 5.41) is 12.2. The van der Waals surface area contributed by atoms with Gasteiger partial charge in [0, 0.05) is 11.1 Å². The first-order valence-electron chi connectivity index (χ1n) is 7.37. The van der Waals surface area contributed by atoms with E-state index in [1.807, 2.05) is 18.2 Å². The summed E-state index contributed by atoms with van der Waals surface area (Å²) in [5.74, 6) is 0.892. The Labute approximate surface area is 141 Å². The van der Waals surface area contributed by atoms with Gasteiger partial charge < -0.3 is 9.94 Å². The Morgan fingerprint density at radius 3 is 2.29 bits per heavy atom. The molecule has 0 spiro atoms. The molecule has 24 heavy (non-hydrogen) atoms. The number of methoxy groups -OCH3 is 1. The molecule has 0 heterocycles. The van der Waals surface area contributed by atoms with E-state index in [2.05, 4.69) is 5.16 Å². The first kappa shape index (κ1) is 18.0. The number of benzene rings is 2. The van der Waals surface area contributed by atoms with Gasteiger partial charge in [-0.1, -0.05) is 35.5 Å². The fourth-order valence-electron chi connectivity index (χ4n) is 2.55. The zero-order valence-corrected chi connectivity index (χ0v) is 14.0. The molecule has 2 N–H and O–H groups in total. The van der Waals surface area contributed by atoms with Crippen molar-refractivity contribution < 1.29 is 22.9 Å². The molecule has 2 aromatic rings. The van der Waals surface area contributed by atoms with Crippen molar-refractivity contribution in [3.8, 4) is 5.75 Å². The van der Waals surface area contributed by atoms with Crippen LogP contribution < -0.4 is 4.74 Å². The van der Waals surface area contributed by atoms with E-state index in [9.17, 15) is 8.42 Å². The molecule has 0 atom stereocenters. The standard InChI is InChI=1S/C11H13NO2.C6H6O3S/c1-14-11-7-3-4-8-9(11)5-2-6-10(8)12-13;7-10(8,9)6-4-2-1-3-5-6/h3-4,7,13H,2,5-6H2,1H3;1-5H,(H,7,8,9). The Kier molecular flexibility index (Phi) is 5.94. The predicted molar refractivity (Wildman–Crippen MR) is 90.5 cm³/mol. The molecule has 128 valence electrons. The van der Waals surface area contributed by atoms with Crippen molar-refractivity contribution in [3.05, 3.63) is 59.7 Å². The topological polar surface area (TPSA) is 96.2 Å². The number of nitrogens with zero attached hydrogens (tertiary/aromatic N) is 1. The fourth-order valence-corrected chi connectivity index (χ4v) is 3.05. The van der Waals surface area contributed by atoms with Crippen molar-refractivity contribution in [1.29, 1.82) is 0 Å². The molecule has 1 aliphatic rings. The van der Waals surface area contributed by atoms with Crippen molar-refractivity contribution in [3.63, 3.8) is 0 Å². The Bertz CT molecular complexity index is 816. The number of hydrogen-bond acceptors (Lipinski definition) is 5. The smallest absolute Gasteiger partial charge is 0.294 e. The van der Waals surface area contributed by atoms with Gasteiger partial charge in [-0.3, -0.25) is 4.55 Å². The molecule has 3 rings (SSSR count). The van der Waals surface area contributed by atoms with Crippen molar-refractivity contribution in [2.75, 3.05) is 7.11 Å². The first-order chi connectivity index (χ1) is 11.5. The summed E-state index contributed by atoms with van der Waals surface area (Å²) >= 11 is 0. The van der Waals surface area contributed by atoms with Crippen LogP contribution in [0.1, 0.15) is 24.0 Å². The number of rotatable bonds is 2. The molecule has 0 fully saturated rings. The van der Waals surface area contributed by atoms with Gasteiger partial charge in [-0.2, -0.15) is 8.42 Å². The maximum absolute atomic E-state index is 10.4. The average molecular weight is 349 g/mol. The second-order valence-electron chi connectivity index (χ2n) is 5.17. The number of fused-ring (bicyclic) bond motifs is 1. The highest BCUT2D eigenvalue weighted by atomic mass is 32.2. The van der Waals surface area contributed by atoms with Gasteiger partial charge in [-0.05, 0) is 37.5 Å². The summed E-state index contributed by atoms with van der Waals surface area (Å²) in [6.45, 7) is 0. The lowest BCUT2D eigenvalue weighted by Crippen LogP contribution is -2.12. The minimum Gasteiger partial charge on any atom is -0.496 e. The van der Waals surface area contributed by atoms with Gasteiger partial charge in [-0.25, -0.2) is 0 Å². The molecule has 0 radical (unpaired) electrons. The van der Waals surface area contributed by atoms with E-state index in [1.165, 1.54) is 12.1 Å². The largest absolute Gasteiger partial charge is 0.496 e. The maximum atomic E-state index is 10.4.